The van der Waals surface area contributed by atoms with Crippen LogP contribution in [0.4, 0.5) is 0 Å². The zero-order chi connectivity index (χ0) is 14.7. The molecule has 6 heteroatoms. The van der Waals surface area contributed by atoms with Gasteiger partial charge in [-0.3, -0.25) is 4.90 Å². The summed E-state index contributed by atoms with van der Waals surface area (Å²) in [6, 6.07) is 0.536. The van der Waals surface area contributed by atoms with Crippen molar-refractivity contribution >= 4 is 0 Å². The lowest BCUT2D eigenvalue weighted by Gasteiger charge is -2.42. The van der Waals surface area contributed by atoms with Gasteiger partial charge in [0.25, 0.3) is 0 Å². The molecule has 0 spiro atoms. The van der Waals surface area contributed by atoms with Crippen LogP contribution >= 0.6 is 0 Å². The summed E-state index contributed by atoms with van der Waals surface area (Å²) in [5.41, 5.74) is 0.338. The molecule has 2 aliphatic rings. The van der Waals surface area contributed by atoms with E-state index in [1.54, 1.807) is 0 Å². The van der Waals surface area contributed by atoms with E-state index in [2.05, 4.69) is 38.8 Å². The summed E-state index contributed by atoms with van der Waals surface area (Å²) >= 11 is 0. The fraction of sp³-hybridized carbons (Fsp3) is 0.867. The predicted octanol–water partition coefficient (Wildman–Crippen LogP) is 0.889. The molecule has 0 amide bonds. The van der Waals surface area contributed by atoms with Gasteiger partial charge in [0, 0.05) is 45.4 Å². The van der Waals surface area contributed by atoms with E-state index in [4.69, 9.17) is 4.74 Å². The van der Waals surface area contributed by atoms with Crippen LogP contribution in [0.1, 0.15) is 32.5 Å². The summed E-state index contributed by atoms with van der Waals surface area (Å²) in [4.78, 5) is 2.54. The van der Waals surface area contributed by atoms with Crippen LogP contribution in [0.5, 0.6) is 0 Å². The van der Waals surface area contributed by atoms with Crippen LogP contribution in [-0.4, -0.2) is 58.6 Å². The van der Waals surface area contributed by atoms with Crippen LogP contribution in [0.3, 0.4) is 0 Å². The van der Waals surface area contributed by atoms with Gasteiger partial charge in [-0.1, -0.05) is 13.8 Å². The Kier molecular flexibility index (Phi) is 4.57. The molecule has 0 atom stereocenters. The van der Waals surface area contributed by atoms with Crippen LogP contribution in [0.25, 0.3) is 0 Å². The average molecular weight is 293 g/mol. The molecule has 2 aliphatic heterocycles. The molecule has 118 valence electrons. The molecule has 0 radical (unpaired) electrons. The van der Waals surface area contributed by atoms with E-state index in [9.17, 15) is 0 Å². The maximum absolute atomic E-state index is 5.59. The number of fused-ring (bicyclic) bond motifs is 1. The van der Waals surface area contributed by atoms with Crippen molar-refractivity contribution in [3.63, 3.8) is 0 Å². The number of rotatable bonds is 5. The highest BCUT2D eigenvalue weighted by molar-refractivity contribution is 4.94. The van der Waals surface area contributed by atoms with Crippen LogP contribution in [-0.2, 0) is 17.8 Å². The van der Waals surface area contributed by atoms with Crippen LogP contribution < -0.4 is 5.32 Å². The number of nitrogens with zero attached hydrogens (tertiary/aromatic N) is 4. The molecule has 1 aromatic heterocycles. The minimum atomic E-state index is 0.338. The molecule has 0 unspecified atom stereocenters. The fourth-order valence-corrected chi connectivity index (χ4v) is 3.34. The zero-order valence-electron chi connectivity index (χ0n) is 13.2. The van der Waals surface area contributed by atoms with E-state index >= 15 is 0 Å². The molecule has 3 heterocycles. The van der Waals surface area contributed by atoms with E-state index in [0.29, 0.717) is 11.5 Å². The molecule has 0 bridgehead atoms. The Morgan fingerprint density at radius 1 is 1.33 bits per heavy atom. The van der Waals surface area contributed by atoms with Crippen molar-refractivity contribution in [1.29, 1.82) is 0 Å². The number of aromatic nitrogens is 3. The molecular weight excluding hydrogens is 266 g/mol. The maximum Gasteiger partial charge on any atom is 0.147 e. The van der Waals surface area contributed by atoms with Crippen molar-refractivity contribution in [2.45, 2.75) is 45.8 Å². The van der Waals surface area contributed by atoms with Crippen molar-refractivity contribution in [3.8, 4) is 0 Å². The lowest BCUT2D eigenvalue weighted by molar-refractivity contribution is -0.00967. The highest BCUT2D eigenvalue weighted by atomic mass is 16.5. The van der Waals surface area contributed by atoms with E-state index in [1.807, 2.05) is 6.33 Å². The fourth-order valence-electron chi connectivity index (χ4n) is 3.34. The van der Waals surface area contributed by atoms with Crippen molar-refractivity contribution in [3.05, 3.63) is 12.2 Å². The van der Waals surface area contributed by atoms with Gasteiger partial charge in [-0.25, -0.2) is 0 Å². The quantitative estimate of drug-likeness (QED) is 0.874. The predicted molar refractivity (Wildman–Crippen MR) is 80.9 cm³/mol. The molecule has 0 aliphatic carbocycles. The second-order valence-electron chi connectivity index (χ2n) is 6.80. The third-order valence-electron chi connectivity index (χ3n) is 4.72. The van der Waals surface area contributed by atoms with Gasteiger partial charge in [0.15, 0.2) is 0 Å². The van der Waals surface area contributed by atoms with E-state index < -0.39 is 0 Å². The molecule has 1 N–H and O–H groups in total. The Bertz CT molecular complexity index is 453. The molecule has 0 aromatic carbocycles. The monoisotopic (exact) mass is 293 g/mol. The number of hydrogen-bond donors (Lipinski definition) is 1. The first kappa shape index (κ1) is 14.9. The lowest BCUT2D eigenvalue weighted by atomic mass is 9.79. The van der Waals surface area contributed by atoms with Gasteiger partial charge in [0.1, 0.15) is 12.2 Å². The molecule has 21 heavy (non-hydrogen) atoms. The minimum absolute atomic E-state index is 0.338. The number of ether oxygens (including phenoxy) is 1. The SMILES string of the molecule is CC(C)NCC1(CN2CCn3cnnc3C2)CCOCC1. The van der Waals surface area contributed by atoms with Gasteiger partial charge < -0.3 is 14.6 Å². The van der Waals surface area contributed by atoms with Crippen molar-refractivity contribution in [1.82, 2.24) is 25.0 Å². The van der Waals surface area contributed by atoms with Gasteiger partial charge in [-0.2, -0.15) is 0 Å². The summed E-state index contributed by atoms with van der Waals surface area (Å²) in [5.74, 6) is 1.10. The zero-order valence-corrected chi connectivity index (χ0v) is 13.2. The first-order valence-electron chi connectivity index (χ1n) is 8.07. The van der Waals surface area contributed by atoms with Crippen molar-refractivity contribution in [2.24, 2.45) is 5.41 Å². The molecular formula is C15H27N5O. The molecule has 1 fully saturated rings. The standard InChI is InChI=1S/C15H27N5O/c1-13(2)16-10-15(3-7-21-8-4-15)11-19-5-6-20-12-17-18-14(20)9-19/h12-13,16H,3-11H2,1-2H3. The van der Waals surface area contributed by atoms with Gasteiger partial charge in [-0.15, -0.1) is 10.2 Å². The smallest absolute Gasteiger partial charge is 0.147 e. The van der Waals surface area contributed by atoms with E-state index in [-0.39, 0.29) is 0 Å². The molecule has 1 saturated heterocycles. The number of nitrogens with one attached hydrogen (secondary N) is 1. The van der Waals surface area contributed by atoms with Crippen LogP contribution in [0.15, 0.2) is 6.33 Å². The Morgan fingerprint density at radius 3 is 2.90 bits per heavy atom. The van der Waals surface area contributed by atoms with Crippen molar-refractivity contribution in [2.75, 3.05) is 32.8 Å². The molecule has 3 rings (SSSR count). The number of hydrogen-bond acceptors (Lipinski definition) is 5. The Hall–Kier alpha value is -0.980. The first-order valence-corrected chi connectivity index (χ1v) is 8.07. The molecule has 6 nitrogen and oxygen atoms in total. The minimum Gasteiger partial charge on any atom is -0.381 e. The second-order valence-corrected chi connectivity index (χ2v) is 6.80. The first-order chi connectivity index (χ1) is 10.2. The summed E-state index contributed by atoms with van der Waals surface area (Å²) in [5, 5.41) is 11.9. The van der Waals surface area contributed by atoms with Gasteiger partial charge in [0.2, 0.25) is 0 Å². The topological polar surface area (TPSA) is 55.2 Å². The van der Waals surface area contributed by atoms with Gasteiger partial charge >= 0.3 is 0 Å². The lowest BCUT2D eigenvalue weighted by Crippen LogP contribution is -2.50. The van der Waals surface area contributed by atoms with Gasteiger partial charge in [-0.05, 0) is 18.3 Å². The highest BCUT2D eigenvalue weighted by Crippen LogP contribution is 2.32. The average Bonchev–Trinajstić information content (AvgIpc) is 2.94. The summed E-state index contributed by atoms with van der Waals surface area (Å²) in [6.07, 6.45) is 4.14. The van der Waals surface area contributed by atoms with Crippen molar-refractivity contribution < 1.29 is 4.74 Å². The van der Waals surface area contributed by atoms with Crippen LogP contribution in [0, 0.1) is 5.41 Å². The third-order valence-corrected chi connectivity index (χ3v) is 4.72. The van der Waals surface area contributed by atoms with Gasteiger partial charge in [0.05, 0.1) is 6.54 Å². The highest BCUT2D eigenvalue weighted by Gasteiger charge is 2.35. The second kappa shape index (κ2) is 6.42. The third kappa shape index (κ3) is 3.62. The van der Waals surface area contributed by atoms with Crippen LogP contribution in [0.2, 0.25) is 0 Å². The Labute approximate surface area is 126 Å². The Morgan fingerprint density at radius 2 is 2.14 bits per heavy atom. The molecule has 0 saturated carbocycles. The van der Waals surface area contributed by atoms with E-state index in [1.165, 1.54) is 0 Å². The molecule has 1 aromatic rings. The summed E-state index contributed by atoms with van der Waals surface area (Å²) in [7, 11) is 0. The normalized spacial score (nSPS) is 22.4. The maximum atomic E-state index is 5.59. The summed E-state index contributed by atoms with van der Waals surface area (Å²) in [6.45, 7) is 11.5. The van der Waals surface area contributed by atoms with E-state index in [0.717, 1.165) is 64.6 Å². The Balaban J connectivity index is 1.64. The summed E-state index contributed by atoms with van der Waals surface area (Å²) < 4.78 is 7.76. The largest absolute Gasteiger partial charge is 0.381 e.